The minimum Gasteiger partial charge on any atom is -0.454 e. The van der Waals surface area contributed by atoms with E-state index in [9.17, 15) is 0 Å². The average molecular weight is 386 g/mol. The van der Waals surface area contributed by atoms with E-state index in [0.29, 0.717) is 17.7 Å². The third-order valence-corrected chi connectivity index (χ3v) is 5.78. The van der Waals surface area contributed by atoms with Crippen molar-refractivity contribution in [3.8, 4) is 10.8 Å². The molecule has 4 heterocycles. The molecule has 2 aromatic carbocycles. The fourth-order valence-electron chi connectivity index (χ4n) is 3.49. The molecule has 0 saturated heterocycles. The lowest BCUT2D eigenvalue weighted by Gasteiger charge is -2.21. The topological polar surface area (TPSA) is 94.3 Å². The van der Waals surface area contributed by atoms with Gasteiger partial charge in [-0.1, -0.05) is 24.3 Å². The van der Waals surface area contributed by atoms with Gasteiger partial charge in [0.05, 0.1) is 21.3 Å². The van der Waals surface area contributed by atoms with Crippen molar-refractivity contribution < 1.29 is 4.42 Å². The van der Waals surface area contributed by atoms with E-state index in [2.05, 4.69) is 26.3 Å². The molecule has 7 nitrogen and oxygen atoms in total. The van der Waals surface area contributed by atoms with E-state index in [4.69, 9.17) is 10.2 Å². The Morgan fingerprint density at radius 1 is 0.964 bits per heavy atom. The third kappa shape index (κ3) is 2.25. The van der Waals surface area contributed by atoms with Crippen LogP contribution in [0.3, 0.4) is 0 Å². The van der Waals surface area contributed by atoms with Crippen LogP contribution in [0.5, 0.6) is 0 Å². The van der Waals surface area contributed by atoms with Gasteiger partial charge in [0.2, 0.25) is 5.95 Å². The smallest absolute Gasteiger partial charge is 0.212 e. The second-order valence-electron chi connectivity index (χ2n) is 6.50. The number of aromatic nitrogens is 3. The molecule has 6 rings (SSSR count). The van der Waals surface area contributed by atoms with Crippen LogP contribution in [0.2, 0.25) is 0 Å². The molecular weight excluding hydrogens is 372 g/mol. The maximum atomic E-state index is 6.17. The van der Waals surface area contributed by atoms with Crippen molar-refractivity contribution in [2.45, 2.75) is 6.17 Å². The van der Waals surface area contributed by atoms with Crippen LogP contribution < -0.4 is 11.1 Å². The van der Waals surface area contributed by atoms with E-state index in [-0.39, 0.29) is 0 Å². The first-order valence-electron chi connectivity index (χ1n) is 8.79. The number of para-hydroxylation sites is 3. The molecule has 28 heavy (non-hydrogen) atoms. The molecule has 8 heteroatoms. The molecule has 1 aliphatic heterocycles. The van der Waals surface area contributed by atoms with Gasteiger partial charge in [-0.25, -0.2) is 15.0 Å². The van der Waals surface area contributed by atoms with Gasteiger partial charge >= 0.3 is 0 Å². The number of anilines is 1. The molecule has 136 valence electrons. The van der Waals surface area contributed by atoms with Crippen LogP contribution in [0.25, 0.3) is 32.0 Å². The standard InChI is InChI=1S/C20H14N6OS/c21-19-24-17(26-13-7-3-1-5-11(13)23-20(26)25-19)14-9-10-15(27-14)18-22-12-6-2-4-8-16(12)28-18/h1-10,17H,(H3,21,23,24,25)/t17-/m0/s1. The van der Waals surface area contributed by atoms with Crippen LogP contribution in [0, 0.1) is 0 Å². The van der Waals surface area contributed by atoms with E-state index in [0.717, 1.165) is 32.0 Å². The first-order valence-corrected chi connectivity index (χ1v) is 9.61. The molecule has 0 radical (unpaired) electrons. The summed E-state index contributed by atoms with van der Waals surface area (Å²) in [6.45, 7) is 0. The second kappa shape index (κ2) is 5.67. The van der Waals surface area contributed by atoms with Crippen LogP contribution in [0.4, 0.5) is 5.95 Å². The number of furan rings is 1. The number of hydrogen-bond acceptors (Lipinski definition) is 7. The minimum atomic E-state index is -0.424. The van der Waals surface area contributed by atoms with Gasteiger partial charge in [-0.05, 0) is 36.4 Å². The summed E-state index contributed by atoms with van der Waals surface area (Å²) in [5.41, 5.74) is 8.80. The average Bonchev–Trinajstić information content (AvgIpc) is 3.42. The summed E-state index contributed by atoms with van der Waals surface area (Å²) in [4.78, 5) is 13.8. The van der Waals surface area contributed by atoms with Crippen LogP contribution in [-0.2, 0) is 0 Å². The Morgan fingerprint density at radius 3 is 2.68 bits per heavy atom. The SMILES string of the molecule is NC1=N[C@H](c2ccc(-c3nc4ccccc4s3)o2)n2c(nc3ccccc32)N1. The number of hydrogen-bond donors (Lipinski definition) is 2. The van der Waals surface area contributed by atoms with E-state index in [1.165, 1.54) is 0 Å². The summed E-state index contributed by atoms with van der Waals surface area (Å²) in [6, 6.07) is 19.8. The molecule has 1 atom stereocenters. The predicted molar refractivity (Wildman–Crippen MR) is 110 cm³/mol. The Kier molecular flexibility index (Phi) is 3.12. The Hall–Kier alpha value is -3.65. The number of aliphatic imine (C=N–C) groups is 1. The lowest BCUT2D eigenvalue weighted by Crippen LogP contribution is -2.31. The highest BCUT2D eigenvalue weighted by atomic mass is 32.1. The van der Waals surface area contributed by atoms with E-state index >= 15 is 0 Å². The van der Waals surface area contributed by atoms with Crippen LogP contribution in [0.1, 0.15) is 11.9 Å². The summed E-state index contributed by atoms with van der Waals surface area (Å²) < 4.78 is 9.29. The van der Waals surface area contributed by atoms with Crippen molar-refractivity contribution in [3.63, 3.8) is 0 Å². The first kappa shape index (κ1) is 15.4. The van der Waals surface area contributed by atoms with Crippen molar-refractivity contribution in [2.75, 3.05) is 5.32 Å². The zero-order chi connectivity index (χ0) is 18.7. The number of rotatable bonds is 2. The summed E-state index contributed by atoms with van der Waals surface area (Å²) >= 11 is 1.60. The largest absolute Gasteiger partial charge is 0.454 e. The summed E-state index contributed by atoms with van der Waals surface area (Å²) in [7, 11) is 0. The van der Waals surface area contributed by atoms with Gasteiger partial charge in [0.25, 0.3) is 0 Å². The lowest BCUT2D eigenvalue weighted by molar-refractivity contribution is 0.449. The molecule has 0 aliphatic carbocycles. The Balaban J connectivity index is 1.47. The van der Waals surface area contributed by atoms with Crippen LogP contribution in [-0.4, -0.2) is 20.5 Å². The first-order chi connectivity index (χ1) is 13.8. The second-order valence-corrected chi connectivity index (χ2v) is 7.53. The minimum absolute atomic E-state index is 0.311. The zero-order valence-electron chi connectivity index (χ0n) is 14.5. The number of nitrogens with one attached hydrogen (secondary N) is 1. The maximum Gasteiger partial charge on any atom is 0.212 e. The van der Waals surface area contributed by atoms with E-state index in [1.807, 2.05) is 59.2 Å². The highest BCUT2D eigenvalue weighted by Crippen LogP contribution is 2.36. The van der Waals surface area contributed by atoms with Crippen LogP contribution >= 0.6 is 11.3 Å². The molecule has 3 N–H and O–H groups in total. The summed E-state index contributed by atoms with van der Waals surface area (Å²) in [5, 5.41) is 3.87. The highest BCUT2D eigenvalue weighted by molar-refractivity contribution is 7.21. The van der Waals surface area contributed by atoms with Gasteiger partial charge in [-0.3, -0.25) is 9.88 Å². The molecule has 3 aromatic heterocycles. The monoisotopic (exact) mass is 386 g/mol. The zero-order valence-corrected chi connectivity index (χ0v) is 15.4. The summed E-state index contributed by atoms with van der Waals surface area (Å²) in [5.74, 6) is 2.36. The van der Waals surface area contributed by atoms with E-state index in [1.54, 1.807) is 11.3 Å². The molecule has 0 saturated carbocycles. The maximum absolute atomic E-state index is 6.17. The van der Waals surface area contributed by atoms with Gasteiger partial charge in [0.15, 0.2) is 22.9 Å². The number of thiazole rings is 1. The predicted octanol–water partition coefficient (Wildman–Crippen LogP) is 4.19. The van der Waals surface area contributed by atoms with Crippen molar-refractivity contribution in [2.24, 2.45) is 10.7 Å². The quantitative estimate of drug-likeness (QED) is 0.474. The van der Waals surface area contributed by atoms with Gasteiger partial charge in [0.1, 0.15) is 5.76 Å². The van der Waals surface area contributed by atoms with Gasteiger partial charge in [0, 0.05) is 0 Å². The molecule has 1 aliphatic rings. The number of fused-ring (bicyclic) bond motifs is 4. The molecule has 0 bridgehead atoms. The normalized spacial score (nSPS) is 16.1. The highest BCUT2D eigenvalue weighted by Gasteiger charge is 2.27. The van der Waals surface area contributed by atoms with Crippen molar-refractivity contribution in [3.05, 3.63) is 66.4 Å². The fraction of sp³-hybridized carbons (Fsp3) is 0.0500. The van der Waals surface area contributed by atoms with Crippen molar-refractivity contribution in [1.29, 1.82) is 0 Å². The molecule has 0 amide bonds. The third-order valence-electron chi connectivity index (χ3n) is 4.73. The van der Waals surface area contributed by atoms with Gasteiger partial charge < -0.3 is 10.2 Å². The van der Waals surface area contributed by atoms with Crippen molar-refractivity contribution >= 4 is 44.5 Å². The Morgan fingerprint density at radius 2 is 1.79 bits per heavy atom. The lowest BCUT2D eigenvalue weighted by atomic mass is 10.3. The number of benzene rings is 2. The van der Waals surface area contributed by atoms with Crippen molar-refractivity contribution in [1.82, 2.24) is 14.5 Å². The Labute approximate surface area is 163 Å². The summed E-state index contributed by atoms with van der Waals surface area (Å²) in [6.07, 6.45) is -0.424. The Bertz CT molecular complexity index is 1340. The molecular formula is C20H14N6OS. The number of nitrogens with two attached hydrogens (primary N) is 1. The van der Waals surface area contributed by atoms with Gasteiger partial charge in [-0.2, -0.15) is 0 Å². The molecule has 0 unspecified atom stereocenters. The van der Waals surface area contributed by atoms with Crippen LogP contribution in [0.15, 0.2) is 70.1 Å². The number of nitrogens with zero attached hydrogens (tertiary/aromatic N) is 4. The fourth-order valence-corrected chi connectivity index (χ4v) is 4.42. The van der Waals surface area contributed by atoms with E-state index < -0.39 is 6.17 Å². The molecule has 0 spiro atoms. The molecule has 0 fully saturated rings. The number of guanidine groups is 1. The molecule has 5 aromatic rings. The van der Waals surface area contributed by atoms with Gasteiger partial charge in [-0.15, -0.1) is 11.3 Å². The number of imidazole rings is 1.